The van der Waals surface area contributed by atoms with Gasteiger partial charge in [-0.15, -0.1) is 0 Å². The second-order valence-electron chi connectivity index (χ2n) is 5.40. The quantitative estimate of drug-likeness (QED) is 0.770. The van der Waals surface area contributed by atoms with Gasteiger partial charge >= 0.3 is 5.97 Å². The summed E-state index contributed by atoms with van der Waals surface area (Å²) in [6.45, 7) is 3.29. The van der Waals surface area contributed by atoms with Crippen LogP contribution in [0.15, 0.2) is 0 Å². The molecule has 2 aliphatic rings. The summed E-state index contributed by atoms with van der Waals surface area (Å²) < 4.78 is 6.66. The summed E-state index contributed by atoms with van der Waals surface area (Å²) in [6.07, 6.45) is 2.71. The number of nitrogens with zero attached hydrogens (tertiary/aromatic N) is 3. The average Bonchev–Trinajstić information content (AvgIpc) is 3.20. The molecule has 20 heavy (non-hydrogen) atoms. The summed E-state index contributed by atoms with van der Waals surface area (Å²) in [5.41, 5.74) is 2.25. The Labute approximate surface area is 117 Å². The zero-order valence-electron chi connectivity index (χ0n) is 11.9. The molecule has 0 N–H and O–H groups in total. The minimum absolute atomic E-state index is 0.208. The lowest BCUT2D eigenvalue weighted by Gasteiger charge is -2.26. The summed E-state index contributed by atoms with van der Waals surface area (Å²) in [5.74, 6) is 0.0676. The van der Waals surface area contributed by atoms with Crippen molar-refractivity contribution in [2.45, 2.75) is 32.7 Å². The Hall–Kier alpha value is -1.85. The minimum Gasteiger partial charge on any atom is -0.461 e. The van der Waals surface area contributed by atoms with Crippen molar-refractivity contribution >= 4 is 11.9 Å². The predicted octanol–water partition coefficient (Wildman–Crippen LogP) is 0.891. The van der Waals surface area contributed by atoms with Gasteiger partial charge in [0, 0.05) is 38.0 Å². The SMILES string of the molecule is CCOC(=O)c1c2c(nn1C)CCN(C(=O)C1CC1)C2. The number of ether oxygens (including phenoxy) is 1. The standard InChI is InChI=1S/C14H19N3O3/c1-3-20-14(19)12-10-8-17(13(18)9-4-5-9)7-6-11(10)15-16(12)2/h9H,3-8H2,1-2H3. The molecule has 0 aromatic carbocycles. The number of aryl methyl sites for hydroxylation is 1. The van der Waals surface area contributed by atoms with Gasteiger partial charge in [0.15, 0.2) is 5.69 Å². The van der Waals surface area contributed by atoms with E-state index < -0.39 is 0 Å². The van der Waals surface area contributed by atoms with E-state index in [2.05, 4.69) is 5.10 Å². The zero-order valence-corrected chi connectivity index (χ0v) is 11.9. The van der Waals surface area contributed by atoms with Crippen LogP contribution in [0.3, 0.4) is 0 Å². The van der Waals surface area contributed by atoms with Crippen LogP contribution in [-0.4, -0.2) is 39.7 Å². The average molecular weight is 277 g/mol. The molecule has 0 unspecified atom stereocenters. The second kappa shape index (κ2) is 4.92. The van der Waals surface area contributed by atoms with E-state index in [-0.39, 0.29) is 17.8 Å². The van der Waals surface area contributed by atoms with Crippen LogP contribution in [0.1, 0.15) is 41.5 Å². The maximum absolute atomic E-state index is 12.2. The Morgan fingerprint density at radius 3 is 2.80 bits per heavy atom. The molecule has 6 nitrogen and oxygen atoms in total. The van der Waals surface area contributed by atoms with Gasteiger partial charge in [0.2, 0.25) is 5.91 Å². The second-order valence-corrected chi connectivity index (χ2v) is 5.40. The first-order chi connectivity index (χ1) is 9.61. The van der Waals surface area contributed by atoms with Gasteiger partial charge in [-0.3, -0.25) is 9.48 Å². The van der Waals surface area contributed by atoms with Crippen molar-refractivity contribution in [2.24, 2.45) is 13.0 Å². The van der Waals surface area contributed by atoms with Gasteiger partial charge in [0.05, 0.1) is 12.3 Å². The molecule has 0 saturated heterocycles. The smallest absolute Gasteiger partial charge is 0.356 e. The lowest BCUT2D eigenvalue weighted by Crippen LogP contribution is -2.37. The molecule has 0 spiro atoms. The van der Waals surface area contributed by atoms with Crippen LogP contribution < -0.4 is 0 Å². The highest BCUT2D eigenvalue weighted by Crippen LogP contribution is 2.33. The number of aromatic nitrogens is 2. The Balaban J connectivity index is 1.86. The van der Waals surface area contributed by atoms with E-state index in [1.807, 2.05) is 4.90 Å². The van der Waals surface area contributed by atoms with Gasteiger partial charge in [-0.05, 0) is 19.8 Å². The van der Waals surface area contributed by atoms with Crippen molar-refractivity contribution in [2.75, 3.05) is 13.2 Å². The molecule has 2 heterocycles. The Bertz CT molecular complexity index is 560. The van der Waals surface area contributed by atoms with Gasteiger partial charge in [-0.2, -0.15) is 5.10 Å². The fourth-order valence-electron chi connectivity index (χ4n) is 2.73. The van der Waals surface area contributed by atoms with E-state index >= 15 is 0 Å². The third-order valence-corrected chi connectivity index (χ3v) is 3.90. The molecule has 0 atom stereocenters. The van der Waals surface area contributed by atoms with Gasteiger partial charge in [-0.1, -0.05) is 0 Å². The van der Waals surface area contributed by atoms with Crippen molar-refractivity contribution in [3.8, 4) is 0 Å². The van der Waals surface area contributed by atoms with Crippen LogP contribution in [0.25, 0.3) is 0 Å². The number of carbonyl (C=O) groups is 2. The lowest BCUT2D eigenvalue weighted by atomic mass is 10.0. The molecule has 1 aromatic rings. The largest absolute Gasteiger partial charge is 0.461 e. The first-order valence-corrected chi connectivity index (χ1v) is 7.12. The topological polar surface area (TPSA) is 64.4 Å². The Kier molecular flexibility index (Phi) is 3.23. The van der Waals surface area contributed by atoms with Crippen LogP contribution in [0.2, 0.25) is 0 Å². The van der Waals surface area contributed by atoms with E-state index in [9.17, 15) is 9.59 Å². The number of carbonyl (C=O) groups excluding carboxylic acids is 2. The molecule has 1 aliphatic heterocycles. The first kappa shape index (κ1) is 13.1. The third-order valence-electron chi connectivity index (χ3n) is 3.90. The van der Waals surface area contributed by atoms with Crippen molar-refractivity contribution in [3.05, 3.63) is 17.0 Å². The number of hydrogen-bond donors (Lipinski definition) is 0. The van der Waals surface area contributed by atoms with Crippen LogP contribution in [0.4, 0.5) is 0 Å². The Morgan fingerprint density at radius 1 is 1.40 bits per heavy atom. The molecule has 1 fully saturated rings. The van der Waals surface area contributed by atoms with E-state index in [1.54, 1.807) is 18.7 Å². The number of hydrogen-bond acceptors (Lipinski definition) is 4. The van der Waals surface area contributed by atoms with E-state index in [4.69, 9.17) is 4.74 Å². The van der Waals surface area contributed by atoms with Crippen LogP contribution in [-0.2, 0) is 29.5 Å². The fourth-order valence-corrected chi connectivity index (χ4v) is 2.73. The van der Waals surface area contributed by atoms with Gasteiger partial charge in [-0.25, -0.2) is 4.79 Å². The van der Waals surface area contributed by atoms with E-state index in [0.717, 1.165) is 24.1 Å². The molecule has 1 saturated carbocycles. The van der Waals surface area contributed by atoms with Crippen molar-refractivity contribution in [1.29, 1.82) is 0 Å². The Morgan fingerprint density at radius 2 is 2.15 bits per heavy atom. The normalized spacial score (nSPS) is 17.8. The molecule has 0 bridgehead atoms. The molecule has 3 rings (SSSR count). The third kappa shape index (κ3) is 2.19. The fraction of sp³-hybridized carbons (Fsp3) is 0.643. The molecular formula is C14H19N3O3. The van der Waals surface area contributed by atoms with Crippen LogP contribution in [0.5, 0.6) is 0 Å². The molecule has 6 heteroatoms. The summed E-state index contributed by atoms with van der Waals surface area (Å²) in [7, 11) is 1.75. The van der Waals surface area contributed by atoms with Crippen molar-refractivity contribution in [1.82, 2.24) is 14.7 Å². The lowest BCUT2D eigenvalue weighted by molar-refractivity contribution is -0.133. The van der Waals surface area contributed by atoms with E-state index in [0.29, 0.717) is 31.8 Å². The van der Waals surface area contributed by atoms with Gasteiger partial charge < -0.3 is 9.64 Å². The first-order valence-electron chi connectivity index (χ1n) is 7.12. The van der Waals surface area contributed by atoms with Crippen LogP contribution >= 0.6 is 0 Å². The zero-order chi connectivity index (χ0) is 14.3. The van der Waals surface area contributed by atoms with Crippen molar-refractivity contribution < 1.29 is 14.3 Å². The van der Waals surface area contributed by atoms with Crippen LogP contribution in [0, 0.1) is 5.92 Å². The van der Waals surface area contributed by atoms with Gasteiger partial charge in [0.1, 0.15) is 0 Å². The van der Waals surface area contributed by atoms with Gasteiger partial charge in [0.25, 0.3) is 0 Å². The molecular weight excluding hydrogens is 258 g/mol. The highest BCUT2D eigenvalue weighted by Gasteiger charge is 2.36. The summed E-state index contributed by atoms with van der Waals surface area (Å²) >= 11 is 0. The molecule has 1 aromatic heterocycles. The summed E-state index contributed by atoms with van der Waals surface area (Å²) in [6, 6.07) is 0. The predicted molar refractivity (Wildman–Crippen MR) is 71.0 cm³/mol. The van der Waals surface area contributed by atoms with Crippen molar-refractivity contribution in [3.63, 3.8) is 0 Å². The molecule has 1 amide bonds. The number of esters is 1. The number of fused-ring (bicyclic) bond motifs is 1. The minimum atomic E-state index is -0.357. The molecule has 108 valence electrons. The highest BCUT2D eigenvalue weighted by molar-refractivity contribution is 5.90. The van der Waals surface area contributed by atoms with E-state index in [1.165, 1.54) is 0 Å². The highest BCUT2D eigenvalue weighted by atomic mass is 16.5. The molecule has 0 radical (unpaired) electrons. The monoisotopic (exact) mass is 277 g/mol. The maximum Gasteiger partial charge on any atom is 0.356 e. The summed E-state index contributed by atoms with van der Waals surface area (Å²) in [4.78, 5) is 26.1. The number of rotatable bonds is 3. The maximum atomic E-state index is 12.2. The number of amides is 1. The molecule has 1 aliphatic carbocycles. The summed E-state index contributed by atoms with van der Waals surface area (Å²) in [5, 5.41) is 4.39.